The summed E-state index contributed by atoms with van der Waals surface area (Å²) in [5.41, 5.74) is 0.405. The van der Waals surface area contributed by atoms with E-state index in [1.54, 1.807) is 19.9 Å². The van der Waals surface area contributed by atoms with Gasteiger partial charge in [0.2, 0.25) is 20.2 Å². The van der Waals surface area contributed by atoms with Gasteiger partial charge in [-0.15, -0.1) is 0 Å². The summed E-state index contributed by atoms with van der Waals surface area (Å²) in [7, 11) is -1.73. The quantitative estimate of drug-likeness (QED) is 0.205. The highest BCUT2D eigenvalue weighted by molar-refractivity contribution is 7.47. The van der Waals surface area contributed by atoms with E-state index >= 15 is 0 Å². The van der Waals surface area contributed by atoms with Crippen LogP contribution in [0.25, 0.3) is 0 Å². The van der Waals surface area contributed by atoms with E-state index in [2.05, 4.69) is 16.0 Å². The number of amides is 3. The molecule has 0 radical (unpaired) electrons. The van der Waals surface area contributed by atoms with Crippen LogP contribution in [-0.2, 0) is 28.8 Å². The second-order valence-corrected chi connectivity index (χ2v) is 13.0. The molecule has 226 valence electrons. The number of carbonyl (C=O) groups is 3. The molecule has 1 saturated heterocycles. The van der Waals surface area contributed by atoms with Gasteiger partial charge in [-0.3, -0.25) is 9.59 Å². The fourth-order valence-corrected chi connectivity index (χ4v) is 6.00. The summed E-state index contributed by atoms with van der Waals surface area (Å²) < 4.78 is 16.8. The molecule has 10 nitrogen and oxygen atoms in total. The van der Waals surface area contributed by atoms with E-state index in [1.165, 1.54) is 0 Å². The van der Waals surface area contributed by atoms with Crippen LogP contribution in [0.15, 0.2) is 24.3 Å². The third-order valence-electron chi connectivity index (χ3n) is 6.60. The Bertz CT molecular complexity index is 975. The van der Waals surface area contributed by atoms with E-state index in [0.29, 0.717) is 37.6 Å². The lowest BCUT2D eigenvalue weighted by molar-refractivity contribution is -0.126. The molecule has 1 aliphatic rings. The number of hydrogen-bond acceptors (Lipinski definition) is 7. The molecule has 0 aliphatic carbocycles. The Kier molecular flexibility index (Phi) is 14.1. The van der Waals surface area contributed by atoms with E-state index < -0.39 is 43.7 Å². The molecule has 1 unspecified atom stereocenters. The topological polar surface area (TPSA) is 135 Å². The molecule has 1 aromatic carbocycles. The van der Waals surface area contributed by atoms with Crippen LogP contribution in [0.3, 0.4) is 0 Å². The van der Waals surface area contributed by atoms with Crippen molar-refractivity contribution in [1.82, 2.24) is 16.0 Å². The molecule has 1 aliphatic heterocycles. The first kappa shape index (κ1) is 34.2. The number of carbonyl (C=O) groups excluding carboxylic acids is 3. The van der Waals surface area contributed by atoms with Gasteiger partial charge < -0.3 is 34.8 Å². The van der Waals surface area contributed by atoms with Crippen molar-refractivity contribution in [2.75, 3.05) is 26.4 Å². The van der Waals surface area contributed by atoms with Gasteiger partial charge in [0.25, 0.3) is 0 Å². The van der Waals surface area contributed by atoms with Crippen LogP contribution < -0.4 is 16.0 Å². The average molecular weight is 602 g/mol. The number of halogens is 1. The SMILES string of the molecule is CCOP(OCC)C(O)[C@H](C[C@@H]1CCNC1=O)NC(=O)[C@H](CC(C)C)NC(=O)OCC(C)(C)c1cccc(Cl)c1. The number of alkyl carbamates (subject to hydrolysis) is 1. The lowest BCUT2D eigenvalue weighted by Gasteiger charge is -2.32. The zero-order valence-electron chi connectivity index (χ0n) is 24.4. The first-order chi connectivity index (χ1) is 18.9. The summed E-state index contributed by atoms with van der Waals surface area (Å²) in [5, 5.41) is 20.1. The molecule has 3 amide bonds. The Labute approximate surface area is 244 Å². The lowest BCUT2D eigenvalue weighted by Crippen LogP contribution is -2.53. The highest BCUT2D eigenvalue weighted by Gasteiger charge is 2.37. The minimum Gasteiger partial charge on any atom is -0.449 e. The minimum absolute atomic E-state index is 0.0698. The van der Waals surface area contributed by atoms with Gasteiger partial charge in [0, 0.05) is 22.9 Å². The normalized spacial score (nSPS) is 17.9. The molecule has 4 N–H and O–H groups in total. The van der Waals surface area contributed by atoms with Crippen LogP contribution in [0.4, 0.5) is 4.79 Å². The van der Waals surface area contributed by atoms with Crippen molar-refractivity contribution in [2.45, 2.75) is 84.1 Å². The second-order valence-electron chi connectivity index (χ2n) is 11.0. The Balaban J connectivity index is 2.14. The number of aliphatic hydroxyl groups is 1. The largest absolute Gasteiger partial charge is 0.449 e. The Hall–Kier alpha value is -1.97. The van der Waals surface area contributed by atoms with E-state index in [1.807, 2.05) is 45.9 Å². The van der Waals surface area contributed by atoms with Gasteiger partial charge in [-0.2, -0.15) is 0 Å². The third kappa shape index (κ3) is 10.8. The van der Waals surface area contributed by atoms with Gasteiger partial charge in [-0.05, 0) is 56.7 Å². The molecule has 0 bridgehead atoms. The summed E-state index contributed by atoms with van der Waals surface area (Å²) in [4.78, 5) is 38.6. The molecule has 40 heavy (non-hydrogen) atoms. The lowest BCUT2D eigenvalue weighted by atomic mass is 9.86. The summed E-state index contributed by atoms with van der Waals surface area (Å²) in [6.07, 6.45) is 0.428. The summed E-state index contributed by atoms with van der Waals surface area (Å²) in [6.45, 7) is 12.6. The molecule has 12 heteroatoms. The number of nitrogens with one attached hydrogen (secondary N) is 3. The van der Waals surface area contributed by atoms with E-state index in [4.69, 9.17) is 25.4 Å². The molecular formula is C28H45ClN3O7P. The average Bonchev–Trinajstić information content (AvgIpc) is 3.30. The Morgan fingerprint density at radius 3 is 2.42 bits per heavy atom. The molecule has 4 atom stereocenters. The molecular weight excluding hydrogens is 557 g/mol. The van der Waals surface area contributed by atoms with Gasteiger partial charge in [0.15, 0.2) is 0 Å². The van der Waals surface area contributed by atoms with Crippen molar-refractivity contribution >= 4 is 37.9 Å². The summed E-state index contributed by atoms with van der Waals surface area (Å²) >= 11 is 6.13. The van der Waals surface area contributed by atoms with Crippen molar-refractivity contribution in [3.63, 3.8) is 0 Å². The maximum absolute atomic E-state index is 13.5. The predicted molar refractivity (Wildman–Crippen MR) is 156 cm³/mol. The van der Waals surface area contributed by atoms with Gasteiger partial charge in [0.05, 0.1) is 19.3 Å². The van der Waals surface area contributed by atoms with Crippen LogP contribution in [0, 0.1) is 11.8 Å². The minimum atomic E-state index is -1.73. The highest BCUT2D eigenvalue weighted by atomic mass is 35.5. The maximum Gasteiger partial charge on any atom is 0.407 e. The molecule has 1 aromatic rings. The number of aliphatic hydroxyl groups excluding tert-OH is 1. The molecule has 0 aromatic heterocycles. The fourth-order valence-electron chi connectivity index (χ4n) is 4.43. The van der Waals surface area contributed by atoms with Crippen LogP contribution in [0.1, 0.15) is 66.4 Å². The van der Waals surface area contributed by atoms with Gasteiger partial charge in [-0.1, -0.05) is 51.4 Å². The van der Waals surface area contributed by atoms with Gasteiger partial charge >= 0.3 is 6.09 Å². The third-order valence-corrected chi connectivity index (χ3v) is 8.66. The molecule has 1 fully saturated rings. The fraction of sp³-hybridized carbons (Fsp3) is 0.679. The number of benzene rings is 1. The first-order valence-electron chi connectivity index (χ1n) is 13.9. The Morgan fingerprint density at radius 2 is 1.88 bits per heavy atom. The number of rotatable bonds is 16. The van der Waals surface area contributed by atoms with E-state index in [-0.39, 0.29) is 30.8 Å². The molecule has 1 heterocycles. The Morgan fingerprint density at radius 1 is 1.20 bits per heavy atom. The van der Waals surface area contributed by atoms with Crippen LogP contribution >= 0.6 is 20.0 Å². The standard InChI is InChI=1S/C28H45ClN3O7P/c1-7-38-40(39-8-2)26(35)23(15-19-12-13-30-24(19)33)31-25(34)22(14-18(3)4)32-27(36)37-17-28(5,6)20-10-9-11-21(29)16-20/h9-11,16,18-19,22-23,26,35H,7-8,12-15,17H2,1-6H3,(H,30,33)(H,31,34)(H,32,36)/t19-,22-,23-,26?/m0/s1. The van der Waals surface area contributed by atoms with Crippen LogP contribution in [0.2, 0.25) is 5.02 Å². The van der Waals surface area contributed by atoms with Gasteiger partial charge in [-0.25, -0.2) is 4.79 Å². The van der Waals surface area contributed by atoms with E-state index in [0.717, 1.165) is 5.56 Å². The van der Waals surface area contributed by atoms with Crippen molar-refractivity contribution in [3.8, 4) is 0 Å². The van der Waals surface area contributed by atoms with Crippen LogP contribution in [-0.4, -0.2) is 67.3 Å². The van der Waals surface area contributed by atoms with Crippen LogP contribution in [0.5, 0.6) is 0 Å². The molecule has 2 rings (SSSR count). The summed E-state index contributed by atoms with van der Waals surface area (Å²) in [5.74, 6) is -2.06. The first-order valence-corrected chi connectivity index (χ1v) is 15.5. The monoisotopic (exact) mass is 601 g/mol. The van der Waals surface area contributed by atoms with Crippen molar-refractivity contribution < 1.29 is 33.3 Å². The van der Waals surface area contributed by atoms with Crippen molar-refractivity contribution in [1.29, 1.82) is 0 Å². The van der Waals surface area contributed by atoms with Crippen molar-refractivity contribution in [2.24, 2.45) is 11.8 Å². The second kappa shape index (κ2) is 16.5. The highest BCUT2D eigenvalue weighted by Crippen LogP contribution is 2.45. The van der Waals surface area contributed by atoms with Crippen molar-refractivity contribution in [3.05, 3.63) is 34.9 Å². The molecule has 0 saturated carbocycles. The van der Waals surface area contributed by atoms with E-state index in [9.17, 15) is 19.5 Å². The smallest absolute Gasteiger partial charge is 0.407 e. The maximum atomic E-state index is 13.5. The summed E-state index contributed by atoms with van der Waals surface area (Å²) in [6, 6.07) is 5.62. The van der Waals surface area contributed by atoms with Gasteiger partial charge in [0.1, 0.15) is 18.5 Å². The number of ether oxygens (including phenoxy) is 1. The predicted octanol–water partition coefficient (Wildman–Crippen LogP) is 4.47. The number of hydrogen-bond donors (Lipinski definition) is 4. The zero-order chi connectivity index (χ0) is 29.9. The molecule has 0 spiro atoms. The zero-order valence-corrected chi connectivity index (χ0v) is 26.0.